The van der Waals surface area contributed by atoms with Crippen molar-refractivity contribution in [1.29, 1.82) is 5.26 Å². The van der Waals surface area contributed by atoms with Crippen LogP contribution in [-0.2, 0) is 0 Å². The number of urea groups is 1. The minimum absolute atomic E-state index is 0.0963. The number of carbonyl (C=O) groups is 1. The molecular formula is C10H17N3O. The van der Waals surface area contributed by atoms with Gasteiger partial charge in [-0.3, -0.25) is 0 Å². The van der Waals surface area contributed by atoms with Crippen LogP contribution in [0.4, 0.5) is 4.79 Å². The Morgan fingerprint density at radius 2 is 2.21 bits per heavy atom. The Labute approximate surface area is 84.9 Å². The topological polar surface area (TPSA) is 56.1 Å². The Hall–Kier alpha value is -1.24. The molecule has 1 aliphatic carbocycles. The van der Waals surface area contributed by atoms with E-state index in [1.807, 2.05) is 13.0 Å². The van der Waals surface area contributed by atoms with Crippen molar-refractivity contribution in [3.05, 3.63) is 0 Å². The molecule has 1 aliphatic rings. The van der Waals surface area contributed by atoms with Crippen LogP contribution >= 0.6 is 0 Å². The molecule has 1 N–H and O–H groups in total. The molecule has 4 nitrogen and oxygen atoms in total. The van der Waals surface area contributed by atoms with E-state index in [2.05, 4.69) is 5.32 Å². The quantitative estimate of drug-likeness (QED) is 0.693. The van der Waals surface area contributed by atoms with Gasteiger partial charge in [-0.2, -0.15) is 5.26 Å². The van der Waals surface area contributed by atoms with E-state index in [1.54, 1.807) is 4.90 Å². The largest absolute Gasteiger partial charge is 0.338 e. The molecular weight excluding hydrogens is 178 g/mol. The van der Waals surface area contributed by atoms with Crippen molar-refractivity contribution in [1.82, 2.24) is 10.2 Å². The molecule has 0 atom stereocenters. The number of nitriles is 1. The predicted octanol–water partition coefficient (Wildman–Crippen LogP) is 1.48. The number of amides is 2. The van der Waals surface area contributed by atoms with E-state index < -0.39 is 0 Å². The molecule has 0 saturated heterocycles. The van der Waals surface area contributed by atoms with Gasteiger partial charge in [-0.15, -0.1) is 0 Å². The van der Waals surface area contributed by atoms with Gasteiger partial charge in [-0.05, 0) is 19.8 Å². The summed E-state index contributed by atoms with van der Waals surface area (Å²) in [5.74, 6) is 0. The summed E-state index contributed by atoms with van der Waals surface area (Å²) >= 11 is 0. The Morgan fingerprint density at radius 1 is 1.57 bits per heavy atom. The fourth-order valence-corrected chi connectivity index (χ4v) is 1.91. The average Bonchev–Trinajstić information content (AvgIpc) is 2.67. The molecule has 0 unspecified atom stereocenters. The fraction of sp³-hybridized carbons (Fsp3) is 0.800. The maximum absolute atomic E-state index is 11.6. The Balaban J connectivity index is 2.53. The second-order valence-corrected chi connectivity index (χ2v) is 3.56. The van der Waals surface area contributed by atoms with Crippen molar-refractivity contribution in [2.45, 2.75) is 38.6 Å². The number of nitrogens with one attached hydrogen (secondary N) is 1. The van der Waals surface area contributed by atoms with E-state index in [1.165, 1.54) is 12.8 Å². The van der Waals surface area contributed by atoms with E-state index in [-0.39, 0.29) is 18.6 Å². The molecule has 1 saturated carbocycles. The molecule has 0 radical (unpaired) electrons. The lowest BCUT2D eigenvalue weighted by Crippen LogP contribution is -2.45. The van der Waals surface area contributed by atoms with Crippen LogP contribution in [0.5, 0.6) is 0 Å². The van der Waals surface area contributed by atoms with E-state index in [4.69, 9.17) is 5.26 Å². The smallest absolute Gasteiger partial charge is 0.318 e. The second kappa shape index (κ2) is 5.48. The molecule has 1 fully saturated rings. The van der Waals surface area contributed by atoms with Gasteiger partial charge in [-0.25, -0.2) is 4.79 Å². The zero-order valence-electron chi connectivity index (χ0n) is 8.62. The van der Waals surface area contributed by atoms with Crippen LogP contribution in [0.1, 0.15) is 32.6 Å². The zero-order valence-corrected chi connectivity index (χ0v) is 8.62. The lowest BCUT2D eigenvalue weighted by Gasteiger charge is -2.26. The molecule has 0 bridgehead atoms. The summed E-state index contributed by atoms with van der Waals surface area (Å²) in [4.78, 5) is 13.2. The van der Waals surface area contributed by atoms with E-state index in [0.717, 1.165) is 12.8 Å². The van der Waals surface area contributed by atoms with Gasteiger partial charge in [0.05, 0.1) is 6.07 Å². The summed E-state index contributed by atoms with van der Waals surface area (Å²) < 4.78 is 0. The molecule has 78 valence electrons. The standard InChI is InChI=1S/C10H17N3O/c1-2-12-10(14)13(8-7-11)9-5-3-4-6-9/h9H,2-6,8H2,1H3,(H,12,14). The van der Waals surface area contributed by atoms with E-state index in [0.29, 0.717) is 6.54 Å². The third-order valence-electron chi connectivity index (χ3n) is 2.60. The van der Waals surface area contributed by atoms with Crippen molar-refractivity contribution >= 4 is 6.03 Å². The summed E-state index contributed by atoms with van der Waals surface area (Å²) in [5, 5.41) is 11.4. The maximum atomic E-state index is 11.6. The molecule has 4 heteroatoms. The summed E-state index contributed by atoms with van der Waals surface area (Å²) in [5.41, 5.74) is 0. The van der Waals surface area contributed by atoms with Crippen molar-refractivity contribution in [2.75, 3.05) is 13.1 Å². The predicted molar refractivity (Wildman–Crippen MR) is 53.6 cm³/mol. The Kier molecular flexibility index (Phi) is 4.24. The van der Waals surface area contributed by atoms with Gasteiger partial charge in [0.2, 0.25) is 0 Å². The van der Waals surface area contributed by atoms with Crippen LogP contribution < -0.4 is 5.32 Å². The first kappa shape index (κ1) is 10.8. The third-order valence-corrected chi connectivity index (χ3v) is 2.60. The van der Waals surface area contributed by atoms with Crippen molar-refractivity contribution < 1.29 is 4.79 Å². The molecule has 0 spiro atoms. The fourth-order valence-electron chi connectivity index (χ4n) is 1.91. The average molecular weight is 195 g/mol. The summed E-state index contributed by atoms with van der Waals surface area (Å²) in [6.07, 6.45) is 4.43. The molecule has 0 aromatic rings. The van der Waals surface area contributed by atoms with Crippen LogP contribution in [-0.4, -0.2) is 30.1 Å². The Morgan fingerprint density at radius 3 is 2.71 bits per heavy atom. The number of rotatable bonds is 3. The first-order valence-electron chi connectivity index (χ1n) is 5.21. The van der Waals surface area contributed by atoms with Crippen molar-refractivity contribution in [2.24, 2.45) is 0 Å². The highest BCUT2D eigenvalue weighted by molar-refractivity contribution is 5.74. The minimum Gasteiger partial charge on any atom is -0.338 e. The van der Waals surface area contributed by atoms with Crippen LogP contribution in [0.25, 0.3) is 0 Å². The molecule has 0 aromatic carbocycles. The molecule has 2 amide bonds. The Bertz CT molecular complexity index is 228. The van der Waals surface area contributed by atoms with Crippen LogP contribution in [0.2, 0.25) is 0 Å². The normalized spacial score (nSPS) is 16.3. The summed E-state index contributed by atoms with van der Waals surface area (Å²) in [6, 6.07) is 2.23. The van der Waals surface area contributed by atoms with Crippen molar-refractivity contribution in [3.8, 4) is 6.07 Å². The highest BCUT2D eigenvalue weighted by Gasteiger charge is 2.25. The van der Waals surface area contributed by atoms with Gasteiger partial charge in [0.15, 0.2) is 0 Å². The van der Waals surface area contributed by atoms with Gasteiger partial charge in [-0.1, -0.05) is 12.8 Å². The summed E-state index contributed by atoms with van der Waals surface area (Å²) in [6.45, 7) is 2.71. The highest BCUT2D eigenvalue weighted by atomic mass is 16.2. The molecule has 1 rings (SSSR count). The molecule has 0 aliphatic heterocycles. The van der Waals surface area contributed by atoms with Gasteiger partial charge < -0.3 is 10.2 Å². The second-order valence-electron chi connectivity index (χ2n) is 3.56. The lowest BCUT2D eigenvalue weighted by atomic mass is 10.2. The monoisotopic (exact) mass is 195 g/mol. The first-order chi connectivity index (χ1) is 6.79. The summed E-state index contributed by atoms with van der Waals surface area (Å²) in [7, 11) is 0. The van der Waals surface area contributed by atoms with E-state index >= 15 is 0 Å². The van der Waals surface area contributed by atoms with Gasteiger partial charge in [0, 0.05) is 12.6 Å². The SMILES string of the molecule is CCNC(=O)N(CC#N)C1CCCC1. The van der Waals surface area contributed by atoms with Gasteiger partial charge >= 0.3 is 6.03 Å². The number of nitrogens with zero attached hydrogens (tertiary/aromatic N) is 2. The highest BCUT2D eigenvalue weighted by Crippen LogP contribution is 2.23. The maximum Gasteiger partial charge on any atom is 0.318 e. The lowest BCUT2D eigenvalue weighted by molar-refractivity contribution is 0.184. The number of hydrogen-bond acceptors (Lipinski definition) is 2. The number of carbonyl (C=O) groups excluding carboxylic acids is 1. The molecule has 0 heterocycles. The van der Waals surface area contributed by atoms with Gasteiger partial charge in [0.1, 0.15) is 6.54 Å². The third kappa shape index (κ3) is 2.63. The number of hydrogen-bond donors (Lipinski definition) is 1. The molecule has 0 aromatic heterocycles. The first-order valence-corrected chi connectivity index (χ1v) is 5.21. The van der Waals surface area contributed by atoms with Gasteiger partial charge in [0.25, 0.3) is 0 Å². The van der Waals surface area contributed by atoms with Crippen LogP contribution in [0.3, 0.4) is 0 Å². The molecule has 14 heavy (non-hydrogen) atoms. The van der Waals surface area contributed by atoms with E-state index in [9.17, 15) is 4.79 Å². The van der Waals surface area contributed by atoms with Crippen LogP contribution in [0, 0.1) is 11.3 Å². The zero-order chi connectivity index (χ0) is 10.4. The minimum atomic E-state index is -0.0963. The van der Waals surface area contributed by atoms with Crippen LogP contribution in [0.15, 0.2) is 0 Å². The van der Waals surface area contributed by atoms with Crippen molar-refractivity contribution in [3.63, 3.8) is 0 Å².